The number of carbonyl (C=O) groups excluding carboxylic acids is 1. The number of carbonyl (C=O) groups is 1. The Labute approximate surface area is 244 Å². The minimum atomic E-state index is -2.13. The summed E-state index contributed by atoms with van der Waals surface area (Å²) in [6, 6.07) is 49.5. The third-order valence-electron chi connectivity index (χ3n) is 7.63. The van der Waals surface area contributed by atoms with E-state index in [0.29, 0.717) is 12.2 Å². The molecule has 5 aromatic rings. The van der Waals surface area contributed by atoms with Crippen LogP contribution in [-0.2, 0) is 4.74 Å². The molecule has 0 aromatic heterocycles. The van der Waals surface area contributed by atoms with Gasteiger partial charge in [0.05, 0.1) is 12.6 Å². The molecule has 0 aliphatic carbocycles. The number of amides is 1. The summed E-state index contributed by atoms with van der Waals surface area (Å²) in [6.07, 6.45) is 0. The van der Waals surface area contributed by atoms with Gasteiger partial charge in [-0.05, 0) is 77.7 Å². The number of rotatable bonds is 10. The average molecular weight is 559 g/mol. The zero-order valence-electron chi connectivity index (χ0n) is 23.9. The summed E-state index contributed by atoms with van der Waals surface area (Å²) in [5.41, 5.74) is 2.84. The first-order valence-corrected chi connectivity index (χ1v) is 15.9. The fourth-order valence-corrected chi connectivity index (χ4v) is 9.62. The zero-order chi connectivity index (χ0) is 28.7. The van der Waals surface area contributed by atoms with Gasteiger partial charge in [-0.3, -0.25) is 4.79 Å². The monoisotopic (exact) mass is 558 g/mol. The molecule has 0 saturated heterocycles. The van der Waals surface area contributed by atoms with Gasteiger partial charge in [-0.2, -0.15) is 0 Å². The van der Waals surface area contributed by atoms with E-state index in [2.05, 4.69) is 134 Å². The van der Waals surface area contributed by atoms with Gasteiger partial charge in [0.25, 0.3) is 5.91 Å². The van der Waals surface area contributed by atoms with Crippen LogP contribution in [0, 0.1) is 5.92 Å². The van der Waals surface area contributed by atoms with Crippen molar-refractivity contribution < 1.29 is 9.53 Å². The first-order chi connectivity index (χ1) is 20.0. The van der Waals surface area contributed by atoms with Gasteiger partial charge in [-0.1, -0.05) is 92.7 Å². The molecule has 0 bridgehead atoms. The molecular formula is C37H37NO2P+. The summed E-state index contributed by atoms with van der Waals surface area (Å²) in [6.45, 7) is 4.66. The number of methoxy groups -OCH3 is 1. The molecule has 0 aliphatic heterocycles. The molecule has 0 heterocycles. The lowest BCUT2D eigenvalue weighted by atomic mass is 10.0. The van der Waals surface area contributed by atoms with Crippen molar-refractivity contribution in [3.05, 3.63) is 145 Å². The molecule has 0 saturated carbocycles. The maximum atomic E-state index is 12.9. The van der Waals surface area contributed by atoms with E-state index in [1.807, 2.05) is 24.3 Å². The van der Waals surface area contributed by atoms with Gasteiger partial charge in [0.15, 0.2) is 0 Å². The van der Waals surface area contributed by atoms with Crippen LogP contribution in [0.2, 0.25) is 0 Å². The van der Waals surface area contributed by atoms with Crippen molar-refractivity contribution >= 4 is 34.4 Å². The Hall–Kier alpha value is -4.04. The summed E-state index contributed by atoms with van der Waals surface area (Å²) in [4.78, 5) is 12.9. The first-order valence-electron chi connectivity index (χ1n) is 14.1. The van der Waals surface area contributed by atoms with E-state index in [1.54, 1.807) is 7.11 Å². The zero-order valence-corrected chi connectivity index (χ0v) is 24.8. The normalized spacial score (nSPS) is 12.2. The Balaban J connectivity index is 1.51. The summed E-state index contributed by atoms with van der Waals surface area (Å²) in [5.74, 6) is 0.208. The van der Waals surface area contributed by atoms with E-state index in [4.69, 9.17) is 4.74 Å². The molecule has 0 unspecified atom stereocenters. The molecule has 3 nitrogen and oxygen atoms in total. The Morgan fingerprint density at radius 2 is 1.00 bits per heavy atom. The van der Waals surface area contributed by atoms with Crippen LogP contribution in [0.1, 0.15) is 24.2 Å². The van der Waals surface area contributed by atoms with Crippen molar-refractivity contribution in [1.29, 1.82) is 0 Å². The number of hydrogen-bond donors (Lipinski definition) is 1. The lowest BCUT2D eigenvalue weighted by Gasteiger charge is -2.27. The highest BCUT2D eigenvalue weighted by Gasteiger charge is 2.47. The van der Waals surface area contributed by atoms with Crippen molar-refractivity contribution in [2.75, 3.05) is 13.7 Å². The Morgan fingerprint density at radius 1 is 0.610 bits per heavy atom. The summed E-state index contributed by atoms with van der Waals surface area (Å²) < 4.78 is 5.28. The van der Waals surface area contributed by atoms with Crippen molar-refractivity contribution in [3.8, 4) is 11.1 Å². The van der Waals surface area contributed by atoms with Crippen molar-refractivity contribution in [3.63, 3.8) is 0 Å². The summed E-state index contributed by atoms with van der Waals surface area (Å²) in [5, 5.41) is 8.39. The average Bonchev–Trinajstić information content (AvgIpc) is 3.03. The maximum absolute atomic E-state index is 12.9. The third-order valence-corrected chi connectivity index (χ3v) is 11.9. The van der Waals surface area contributed by atoms with Gasteiger partial charge in [-0.15, -0.1) is 0 Å². The van der Waals surface area contributed by atoms with Crippen LogP contribution in [0.15, 0.2) is 140 Å². The second-order valence-corrected chi connectivity index (χ2v) is 14.0. The molecule has 1 N–H and O–H groups in total. The van der Waals surface area contributed by atoms with E-state index in [0.717, 1.165) is 11.1 Å². The van der Waals surface area contributed by atoms with Crippen LogP contribution in [-0.4, -0.2) is 25.7 Å². The molecule has 41 heavy (non-hydrogen) atoms. The van der Waals surface area contributed by atoms with Gasteiger partial charge < -0.3 is 10.1 Å². The quantitative estimate of drug-likeness (QED) is 0.202. The second kappa shape index (κ2) is 13.1. The highest BCUT2D eigenvalue weighted by molar-refractivity contribution is 8.01. The van der Waals surface area contributed by atoms with Crippen LogP contribution in [0.25, 0.3) is 11.1 Å². The predicted octanol–water partition coefficient (Wildman–Crippen LogP) is 6.37. The van der Waals surface area contributed by atoms with Crippen LogP contribution < -0.4 is 26.5 Å². The van der Waals surface area contributed by atoms with E-state index in [1.165, 1.54) is 21.2 Å². The summed E-state index contributed by atoms with van der Waals surface area (Å²) in [7, 11) is -0.469. The SMILES string of the molecule is COC[C@@H](NC(=O)c1ccc(-c2ccc([P+](c3ccccc3)(c3ccccc3)c3ccccc3)cc2)cc1)C(C)C. The predicted molar refractivity (Wildman–Crippen MR) is 175 cm³/mol. The van der Waals surface area contributed by atoms with Crippen LogP contribution in [0.4, 0.5) is 0 Å². The fraction of sp³-hybridized carbons (Fsp3) is 0.162. The summed E-state index contributed by atoms with van der Waals surface area (Å²) >= 11 is 0. The van der Waals surface area contributed by atoms with Crippen molar-refractivity contribution in [2.45, 2.75) is 19.9 Å². The first kappa shape index (κ1) is 28.5. The van der Waals surface area contributed by atoms with Crippen LogP contribution in [0.5, 0.6) is 0 Å². The molecule has 0 aliphatic rings. The van der Waals surface area contributed by atoms with E-state index in [9.17, 15) is 4.79 Å². The van der Waals surface area contributed by atoms with Crippen molar-refractivity contribution in [1.82, 2.24) is 5.32 Å². The lowest BCUT2D eigenvalue weighted by molar-refractivity contribution is 0.0866. The molecule has 5 aromatic carbocycles. The minimum absolute atomic E-state index is 0.0258. The Bertz CT molecular complexity index is 1440. The molecule has 0 spiro atoms. The van der Waals surface area contributed by atoms with Crippen LogP contribution >= 0.6 is 7.26 Å². The van der Waals surface area contributed by atoms with E-state index in [-0.39, 0.29) is 17.9 Å². The molecular weight excluding hydrogens is 521 g/mol. The largest absolute Gasteiger partial charge is 0.383 e. The molecule has 5 rings (SSSR count). The number of benzene rings is 5. The number of nitrogens with one attached hydrogen (secondary N) is 1. The topological polar surface area (TPSA) is 38.3 Å². The van der Waals surface area contributed by atoms with E-state index < -0.39 is 7.26 Å². The second-order valence-electron chi connectivity index (χ2n) is 10.6. The van der Waals surface area contributed by atoms with Gasteiger partial charge >= 0.3 is 0 Å². The molecule has 4 heteroatoms. The van der Waals surface area contributed by atoms with Crippen LogP contribution in [0.3, 0.4) is 0 Å². The van der Waals surface area contributed by atoms with Gasteiger partial charge in [-0.25, -0.2) is 0 Å². The van der Waals surface area contributed by atoms with E-state index >= 15 is 0 Å². The number of hydrogen-bond acceptors (Lipinski definition) is 2. The Kier molecular flexibility index (Phi) is 9.09. The lowest BCUT2D eigenvalue weighted by Crippen LogP contribution is -2.41. The highest BCUT2D eigenvalue weighted by Crippen LogP contribution is 2.54. The fourth-order valence-electron chi connectivity index (χ4n) is 5.37. The molecule has 1 amide bonds. The van der Waals surface area contributed by atoms with Gasteiger partial charge in [0, 0.05) is 12.7 Å². The van der Waals surface area contributed by atoms with Crippen molar-refractivity contribution in [2.24, 2.45) is 5.92 Å². The maximum Gasteiger partial charge on any atom is 0.251 e. The van der Waals surface area contributed by atoms with Gasteiger partial charge in [0.2, 0.25) is 0 Å². The Morgan fingerprint density at radius 3 is 1.39 bits per heavy atom. The molecule has 1 atom stereocenters. The van der Waals surface area contributed by atoms with Gasteiger partial charge in [0.1, 0.15) is 28.5 Å². The molecule has 206 valence electrons. The smallest absolute Gasteiger partial charge is 0.251 e. The minimum Gasteiger partial charge on any atom is -0.383 e. The third kappa shape index (κ3) is 6.03. The molecule has 0 radical (unpaired) electrons. The standard InChI is InChI=1S/C37H36NO2P/c1-28(2)36(27-40-3)38-37(39)31-21-19-29(20-22-31)30-23-25-35(26-24-30)41(32-13-7-4-8-14-32,33-15-9-5-10-16-33)34-17-11-6-12-18-34/h4-26,28,36H,27H2,1-3H3/p+1/t36-/m1/s1. The molecule has 0 fully saturated rings. The highest BCUT2D eigenvalue weighted by atomic mass is 31.2. The number of ether oxygens (including phenoxy) is 1.